The molecule has 1 aliphatic carbocycles. The first-order chi connectivity index (χ1) is 15.9. The smallest absolute Gasteiger partial charge is 0.247 e. The summed E-state index contributed by atoms with van der Waals surface area (Å²) in [5.74, 6) is 0.0394. The van der Waals surface area contributed by atoms with Gasteiger partial charge in [0.1, 0.15) is 17.7 Å². The van der Waals surface area contributed by atoms with Crippen molar-refractivity contribution in [2.24, 2.45) is 0 Å². The normalized spacial score (nSPS) is 14.9. The van der Waals surface area contributed by atoms with Crippen LogP contribution in [0.15, 0.2) is 48.5 Å². The SMILES string of the molecule is COc1cccc(CN(C(=O)CCl)[C@@H](C(=O)NC2CCCCC2)c2ccc(N(C)C)cc2)c1. The van der Waals surface area contributed by atoms with E-state index in [4.69, 9.17) is 16.3 Å². The van der Waals surface area contributed by atoms with E-state index in [1.807, 2.05) is 67.5 Å². The first kappa shape index (κ1) is 24.9. The van der Waals surface area contributed by atoms with Gasteiger partial charge in [-0.25, -0.2) is 0 Å². The number of benzene rings is 2. The second-order valence-corrected chi connectivity index (χ2v) is 9.01. The molecule has 1 saturated carbocycles. The van der Waals surface area contributed by atoms with Gasteiger partial charge in [-0.3, -0.25) is 9.59 Å². The molecule has 0 saturated heterocycles. The quantitative estimate of drug-likeness (QED) is 0.546. The number of hydrogen-bond acceptors (Lipinski definition) is 4. The molecule has 1 fully saturated rings. The molecule has 0 aromatic heterocycles. The number of nitrogens with zero attached hydrogens (tertiary/aromatic N) is 2. The summed E-state index contributed by atoms with van der Waals surface area (Å²) < 4.78 is 5.34. The van der Waals surface area contributed by atoms with Crippen molar-refractivity contribution < 1.29 is 14.3 Å². The van der Waals surface area contributed by atoms with E-state index >= 15 is 0 Å². The molecule has 33 heavy (non-hydrogen) atoms. The lowest BCUT2D eigenvalue weighted by Crippen LogP contribution is -2.47. The first-order valence-electron chi connectivity index (χ1n) is 11.5. The molecule has 0 spiro atoms. The Morgan fingerprint density at radius 3 is 2.39 bits per heavy atom. The monoisotopic (exact) mass is 471 g/mol. The van der Waals surface area contributed by atoms with Crippen molar-refractivity contribution in [1.29, 1.82) is 0 Å². The van der Waals surface area contributed by atoms with Crippen molar-refractivity contribution in [2.75, 3.05) is 32.0 Å². The predicted molar refractivity (Wildman–Crippen MR) is 133 cm³/mol. The van der Waals surface area contributed by atoms with E-state index in [0.29, 0.717) is 5.75 Å². The van der Waals surface area contributed by atoms with Gasteiger partial charge in [0.05, 0.1) is 7.11 Å². The van der Waals surface area contributed by atoms with Gasteiger partial charge in [-0.15, -0.1) is 11.6 Å². The van der Waals surface area contributed by atoms with Gasteiger partial charge in [0, 0.05) is 32.4 Å². The number of methoxy groups -OCH3 is 1. The first-order valence-corrected chi connectivity index (χ1v) is 12.0. The molecule has 0 heterocycles. The maximum Gasteiger partial charge on any atom is 0.247 e. The van der Waals surface area contributed by atoms with Gasteiger partial charge in [-0.1, -0.05) is 43.5 Å². The lowest BCUT2D eigenvalue weighted by molar-refractivity contribution is -0.140. The van der Waals surface area contributed by atoms with E-state index in [0.717, 1.165) is 42.5 Å². The van der Waals surface area contributed by atoms with E-state index in [-0.39, 0.29) is 30.3 Å². The van der Waals surface area contributed by atoms with Gasteiger partial charge in [0.25, 0.3) is 0 Å². The van der Waals surface area contributed by atoms with Crippen LogP contribution >= 0.6 is 11.6 Å². The topological polar surface area (TPSA) is 61.9 Å². The van der Waals surface area contributed by atoms with Gasteiger partial charge < -0.3 is 19.9 Å². The van der Waals surface area contributed by atoms with Crippen LogP contribution in [0.1, 0.15) is 49.3 Å². The fraction of sp³-hybridized carbons (Fsp3) is 0.462. The number of hydrogen-bond donors (Lipinski definition) is 1. The number of nitrogens with one attached hydrogen (secondary N) is 1. The summed E-state index contributed by atoms with van der Waals surface area (Å²) in [5, 5.41) is 3.21. The van der Waals surface area contributed by atoms with Gasteiger partial charge in [-0.05, 0) is 48.2 Å². The highest BCUT2D eigenvalue weighted by Crippen LogP contribution is 2.28. The second-order valence-electron chi connectivity index (χ2n) is 8.74. The number of alkyl halides is 1. The summed E-state index contributed by atoms with van der Waals surface area (Å²) in [6.07, 6.45) is 5.37. The van der Waals surface area contributed by atoms with Crippen LogP contribution in [0.5, 0.6) is 5.75 Å². The number of rotatable bonds is 9. The Kier molecular flexibility index (Phi) is 9.01. The van der Waals surface area contributed by atoms with Crippen LogP contribution in [0.25, 0.3) is 0 Å². The molecule has 0 aliphatic heterocycles. The molecule has 2 amide bonds. The van der Waals surface area contributed by atoms with Gasteiger partial charge in [0.2, 0.25) is 11.8 Å². The lowest BCUT2D eigenvalue weighted by Gasteiger charge is -2.33. The standard InChI is InChI=1S/C26H34ClN3O3/c1-29(2)22-14-12-20(13-15-22)25(26(32)28-21-9-5-4-6-10-21)30(24(31)17-27)18-19-8-7-11-23(16-19)33-3/h7-8,11-16,21,25H,4-6,9-10,17-18H2,1-3H3,(H,28,32)/t25-/m1/s1. The van der Waals surface area contributed by atoms with Crippen molar-refractivity contribution in [2.45, 2.75) is 50.7 Å². The molecule has 0 bridgehead atoms. The Morgan fingerprint density at radius 2 is 1.79 bits per heavy atom. The van der Waals surface area contributed by atoms with Crippen LogP contribution in [0.2, 0.25) is 0 Å². The van der Waals surface area contributed by atoms with E-state index in [9.17, 15) is 9.59 Å². The molecular formula is C26H34ClN3O3. The molecule has 0 radical (unpaired) electrons. The summed E-state index contributed by atoms with van der Waals surface area (Å²) in [6.45, 7) is 0.251. The molecule has 0 unspecified atom stereocenters. The maximum atomic E-state index is 13.6. The van der Waals surface area contributed by atoms with Crippen LogP contribution in [0.3, 0.4) is 0 Å². The molecule has 3 rings (SSSR count). The maximum absolute atomic E-state index is 13.6. The summed E-state index contributed by atoms with van der Waals surface area (Å²) >= 11 is 6.01. The third-order valence-electron chi connectivity index (χ3n) is 6.16. The van der Waals surface area contributed by atoms with Crippen molar-refractivity contribution in [3.8, 4) is 5.75 Å². The highest BCUT2D eigenvalue weighted by Gasteiger charge is 2.32. The molecule has 2 aromatic rings. The van der Waals surface area contributed by atoms with Crippen molar-refractivity contribution in [3.63, 3.8) is 0 Å². The Hall–Kier alpha value is -2.73. The average molecular weight is 472 g/mol. The van der Waals surface area contributed by atoms with Gasteiger partial charge in [-0.2, -0.15) is 0 Å². The van der Waals surface area contributed by atoms with Crippen LogP contribution in [0.4, 0.5) is 5.69 Å². The summed E-state index contributed by atoms with van der Waals surface area (Å²) in [5.41, 5.74) is 2.65. The number of amides is 2. The molecule has 6 nitrogen and oxygen atoms in total. The molecule has 7 heteroatoms. The second kappa shape index (κ2) is 11.9. The van der Waals surface area contributed by atoms with E-state index in [1.165, 1.54) is 6.42 Å². The van der Waals surface area contributed by atoms with Crippen LogP contribution in [-0.4, -0.2) is 49.8 Å². The van der Waals surface area contributed by atoms with Crippen LogP contribution in [-0.2, 0) is 16.1 Å². The Labute approximate surface area is 201 Å². The van der Waals surface area contributed by atoms with E-state index in [2.05, 4.69) is 5.32 Å². The summed E-state index contributed by atoms with van der Waals surface area (Å²) in [7, 11) is 5.54. The number of ether oxygens (including phenoxy) is 1. The molecule has 178 valence electrons. The predicted octanol–water partition coefficient (Wildman–Crippen LogP) is 4.52. The number of carbonyl (C=O) groups excluding carboxylic acids is 2. The minimum absolute atomic E-state index is 0.138. The minimum Gasteiger partial charge on any atom is -0.497 e. The minimum atomic E-state index is -0.777. The zero-order valence-electron chi connectivity index (χ0n) is 19.7. The Balaban J connectivity index is 1.96. The number of anilines is 1. The Bertz CT molecular complexity index is 927. The lowest BCUT2D eigenvalue weighted by atomic mass is 9.94. The number of carbonyl (C=O) groups is 2. The third-order valence-corrected chi connectivity index (χ3v) is 6.39. The molecule has 1 N–H and O–H groups in total. The molecule has 2 aromatic carbocycles. The third kappa shape index (κ3) is 6.64. The van der Waals surface area contributed by atoms with Gasteiger partial charge >= 0.3 is 0 Å². The van der Waals surface area contributed by atoms with Crippen LogP contribution < -0.4 is 15.0 Å². The Morgan fingerprint density at radius 1 is 1.09 bits per heavy atom. The molecular weight excluding hydrogens is 438 g/mol. The van der Waals surface area contributed by atoms with Crippen molar-refractivity contribution in [1.82, 2.24) is 10.2 Å². The average Bonchev–Trinajstić information content (AvgIpc) is 2.84. The molecule has 1 aliphatic rings. The van der Waals surface area contributed by atoms with E-state index < -0.39 is 6.04 Å². The zero-order chi connectivity index (χ0) is 23.8. The fourth-order valence-corrected chi connectivity index (χ4v) is 4.48. The summed E-state index contributed by atoms with van der Waals surface area (Å²) in [6, 6.07) is 14.6. The fourth-order valence-electron chi connectivity index (χ4n) is 4.32. The summed E-state index contributed by atoms with van der Waals surface area (Å²) in [4.78, 5) is 30.2. The zero-order valence-corrected chi connectivity index (χ0v) is 20.5. The van der Waals surface area contributed by atoms with Crippen molar-refractivity contribution >= 4 is 29.1 Å². The highest BCUT2D eigenvalue weighted by molar-refractivity contribution is 6.27. The number of halogens is 1. The van der Waals surface area contributed by atoms with Crippen LogP contribution in [0, 0.1) is 0 Å². The van der Waals surface area contributed by atoms with Gasteiger partial charge in [0.15, 0.2) is 0 Å². The van der Waals surface area contributed by atoms with E-state index in [1.54, 1.807) is 12.0 Å². The highest BCUT2D eigenvalue weighted by atomic mass is 35.5. The largest absolute Gasteiger partial charge is 0.497 e. The molecule has 1 atom stereocenters. The van der Waals surface area contributed by atoms with Crippen molar-refractivity contribution in [3.05, 3.63) is 59.7 Å².